The minimum absolute atomic E-state index is 0.183. The first-order chi connectivity index (χ1) is 22.9. The molecule has 3 rings (SSSR count). The summed E-state index contributed by atoms with van der Waals surface area (Å²) in [5.41, 5.74) is 0.810. The van der Waals surface area contributed by atoms with Crippen LogP contribution in [0.1, 0.15) is 52.0 Å². The molecular weight excluding hydrogens is 618 g/mol. The first-order valence-electron chi connectivity index (χ1n) is 16.9. The summed E-state index contributed by atoms with van der Waals surface area (Å²) >= 11 is 0. The van der Waals surface area contributed by atoms with Gasteiger partial charge in [-0.2, -0.15) is 0 Å². The van der Waals surface area contributed by atoms with Gasteiger partial charge in [0.15, 0.2) is 0 Å². The topological polar surface area (TPSA) is 178 Å². The molecule has 5 N–H and O–H groups in total. The normalized spacial score (nSPS) is 25.0. The number of hydrogen-bond acceptors (Lipinski definition) is 8. The fourth-order valence-electron chi connectivity index (χ4n) is 5.85. The van der Waals surface area contributed by atoms with Crippen molar-refractivity contribution in [3.63, 3.8) is 0 Å². The van der Waals surface area contributed by atoms with Crippen molar-refractivity contribution >= 4 is 35.4 Å². The van der Waals surface area contributed by atoms with Crippen molar-refractivity contribution in [1.29, 1.82) is 0 Å². The number of likely N-dealkylation sites (N-methyl/N-ethyl adjacent to an activating group) is 1. The van der Waals surface area contributed by atoms with E-state index in [4.69, 9.17) is 4.74 Å². The number of piperidine rings is 1. The van der Waals surface area contributed by atoms with Crippen molar-refractivity contribution in [1.82, 2.24) is 36.4 Å². The Balaban J connectivity index is 1.77. The maximum Gasteiger partial charge on any atom is 0.245 e. The largest absolute Gasteiger partial charge is 0.383 e. The second-order valence-electron chi connectivity index (χ2n) is 13.1. The van der Waals surface area contributed by atoms with Crippen LogP contribution in [0.4, 0.5) is 0 Å². The van der Waals surface area contributed by atoms with Crippen LogP contribution in [0.2, 0.25) is 0 Å². The highest BCUT2D eigenvalue weighted by molar-refractivity contribution is 5.96. The van der Waals surface area contributed by atoms with Gasteiger partial charge in [0.2, 0.25) is 35.4 Å². The summed E-state index contributed by atoms with van der Waals surface area (Å²) in [6, 6.07) is 5.19. The lowest BCUT2D eigenvalue weighted by Gasteiger charge is -2.32. The van der Waals surface area contributed by atoms with Gasteiger partial charge in [0.05, 0.1) is 13.2 Å². The predicted molar refractivity (Wildman–Crippen MR) is 179 cm³/mol. The third-order valence-corrected chi connectivity index (χ3v) is 8.85. The molecule has 0 radical (unpaired) electrons. The molecule has 0 spiro atoms. The third kappa shape index (κ3) is 11.9. The van der Waals surface area contributed by atoms with Crippen LogP contribution in [0.3, 0.4) is 0 Å². The fourth-order valence-corrected chi connectivity index (χ4v) is 5.85. The van der Waals surface area contributed by atoms with E-state index < -0.39 is 53.7 Å². The highest BCUT2D eigenvalue weighted by atomic mass is 16.5. The third-order valence-electron chi connectivity index (χ3n) is 8.85. The van der Waals surface area contributed by atoms with Crippen molar-refractivity contribution in [2.24, 2.45) is 11.8 Å². The second kappa shape index (κ2) is 19.1. The number of likely N-dealkylation sites (tertiary alicyclic amines) is 1. The number of carbonyl (C=O) groups excluding carboxylic acids is 6. The summed E-state index contributed by atoms with van der Waals surface area (Å²) in [7, 11) is 3.14. The molecule has 2 aliphatic heterocycles. The summed E-state index contributed by atoms with van der Waals surface area (Å²) in [6.07, 6.45) is 2.05. The number of rotatable bonds is 8. The minimum Gasteiger partial charge on any atom is -0.383 e. The second-order valence-corrected chi connectivity index (χ2v) is 13.1. The molecule has 0 bridgehead atoms. The Kier molecular flexibility index (Phi) is 15.3. The number of hydrogen-bond donors (Lipinski definition) is 5. The van der Waals surface area contributed by atoms with E-state index in [1.807, 2.05) is 30.3 Å². The molecule has 1 aromatic carbocycles. The molecule has 6 amide bonds. The van der Waals surface area contributed by atoms with Crippen LogP contribution in [0.25, 0.3) is 0 Å². The van der Waals surface area contributed by atoms with E-state index in [0.717, 1.165) is 25.2 Å². The van der Waals surface area contributed by atoms with E-state index in [0.29, 0.717) is 25.9 Å². The monoisotopic (exact) mass is 671 g/mol. The SMILES string of the molecule is COCCN1CCC(C(=O)N[C@H]2CCCNC(=O)CN(C)C(=O)[C@H](Cc3ccccc3)NC(=O)[C@@H](C)NC(=O)[C@@H](C(C)C)NC2=O)CC1. The van der Waals surface area contributed by atoms with Gasteiger partial charge in [-0.25, -0.2) is 0 Å². The van der Waals surface area contributed by atoms with Gasteiger partial charge >= 0.3 is 0 Å². The highest BCUT2D eigenvalue weighted by Crippen LogP contribution is 2.18. The van der Waals surface area contributed by atoms with Crippen LogP contribution >= 0.6 is 0 Å². The van der Waals surface area contributed by atoms with Crippen LogP contribution in [0.5, 0.6) is 0 Å². The average Bonchev–Trinajstić information content (AvgIpc) is 3.06. The van der Waals surface area contributed by atoms with E-state index in [2.05, 4.69) is 31.5 Å². The zero-order valence-electron chi connectivity index (χ0n) is 28.9. The number of ether oxygens (including phenoxy) is 1. The summed E-state index contributed by atoms with van der Waals surface area (Å²) in [5.74, 6) is -3.37. The van der Waals surface area contributed by atoms with Gasteiger partial charge in [-0.3, -0.25) is 28.8 Å². The summed E-state index contributed by atoms with van der Waals surface area (Å²) < 4.78 is 5.16. The molecule has 2 aliphatic rings. The molecule has 14 nitrogen and oxygen atoms in total. The van der Waals surface area contributed by atoms with Crippen molar-refractivity contribution in [3.05, 3.63) is 35.9 Å². The quantitative estimate of drug-likeness (QED) is 0.247. The zero-order valence-corrected chi connectivity index (χ0v) is 28.9. The number of amides is 6. The van der Waals surface area contributed by atoms with Gasteiger partial charge in [0.1, 0.15) is 24.2 Å². The lowest BCUT2D eigenvalue weighted by molar-refractivity contribution is -0.139. The van der Waals surface area contributed by atoms with E-state index in [-0.39, 0.29) is 43.7 Å². The Morgan fingerprint density at radius 3 is 2.29 bits per heavy atom. The molecule has 14 heteroatoms. The molecule has 2 heterocycles. The van der Waals surface area contributed by atoms with Crippen LogP contribution in [-0.4, -0.2) is 123 Å². The molecule has 48 heavy (non-hydrogen) atoms. The van der Waals surface area contributed by atoms with Crippen molar-refractivity contribution < 1.29 is 33.5 Å². The van der Waals surface area contributed by atoms with Gasteiger partial charge in [0.25, 0.3) is 0 Å². The lowest BCUT2D eigenvalue weighted by atomic mass is 9.95. The average molecular weight is 672 g/mol. The van der Waals surface area contributed by atoms with Crippen LogP contribution in [0.15, 0.2) is 30.3 Å². The number of nitrogens with zero attached hydrogens (tertiary/aromatic N) is 2. The van der Waals surface area contributed by atoms with Crippen molar-refractivity contribution in [3.8, 4) is 0 Å². The van der Waals surface area contributed by atoms with Gasteiger partial charge in [-0.1, -0.05) is 44.2 Å². The molecule has 4 atom stereocenters. The standard InChI is InChI=1S/C34H53N7O7/c1-22(2)29-33(46)36-23(3)30(43)38-27(20-24-10-7-6-8-11-24)34(47)40(4)21-28(42)35-15-9-12-26(32(45)39-29)37-31(44)25-13-16-41(17-14-25)18-19-48-5/h6-8,10-11,22-23,25-27,29H,9,12-21H2,1-5H3,(H,35,42)(H,36,46)(H,37,44)(H,38,43)(H,39,45)/t23-,26+,27+,29-/m1/s1. The molecule has 0 unspecified atom stereocenters. The number of carbonyl (C=O) groups is 6. The molecule has 0 saturated carbocycles. The molecule has 0 aliphatic carbocycles. The maximum absolute atomic E-state index is 13.6. The molecular formula is C34H53N7O7. The first-order valence-corrected chi connectivity index (χ1v) is 16.9. The van der Waals surface area contributed by atoms with E-state index in [9.17, 15) is 28.8 Å². The van der Waals surface area contributed by atoms with Gasteiger partial charge in [0, 0.05) is 39.6 Å². The van der Waals surface area contributed by atoms with Gasteiger partial charge in [-0.05, 0) is 57.2 Å². The van der Waals surface area contributed by atoms with Gasteiger partial charge in [-0.15, -0.1) is 0 Å². The van der Waals surface area contributed by atoms with Crippen molar-refractivity contribution in [2.75, 3.05) is 53.5 Å². The molecule has 266 valence electrons. The summed E-state index contributed by atoms with van der Waals surface area (Å²) in [6.45, 7) is 7.89. The Bertz CT molecular complexity index is 1250. The Hall–Kier alpha value is -4.04. The Morgan fingerprint density at radius 1 is 0.958 bits per heavy atom. The molecule has 0 aromatic heterocycles. The zero-order chi connectivity index (χ0) is 35.2. The van der Waals surface area contributed by atoms with Crippen LogP contribution in [0, 0.1) is 11.8 Å². The maximum atomic E-state index is 13.6. The molecule has 2 fully saturated rings. The lowest BCUT2D eigenvalue weighted by Crippen LogP contribution is -2.59. The van der Waals surface area contributed by atoms with E-state index in [1.54, 1.807) is 21.0 Å². The molecule has 1 aromatic rings. The number of methoxy groups -OCH3 is 1. The van der Waals surface area contributed by atoms with Crippen LogP contribution < -0.4 is 26.6 Å². The Morgan fingerprint density at radius 2 is 1.65 bits per heavy atom. The predicted octanol–water partition coefficient (Wildman–Crippen LogP) is -0.429. The van der Waals surface area contributed by atoms with Crippen LogP contribution in [-0.2, 0) is 39.9 Å². The smallest absolute Gasteiger partial charge is 0.245 e. The number of nitrogens with one attached hydrogen (secondary N) is 5. The first kappa shape index (κ1) is 38.4. The van der Waals surface area contributed by atoms with E-state index >= 15 is 0 Å². The summed E-state index contributed by atoms with van der Waals surface area (Å²) in [4.78, 5) is 83.4. The highest BCUT2D eigenvalue weighted by Gasteiger charge is 2.34. The minimum atomic E-state index is -1.04. The number of benzene rings is 1. The van der Waals surface area contributed by atoms with E-state index in [1.165, 1.54) is 18.9 Å². The molecule has 2 saturated heterocycles. The summed E-state index contributed by atoms with van der Waals surface area (Å²) in [5, 5.41) is 13.9. The van der Waals surface area contributed by atoms with Gasteiger partial charge < -0.3 is 41.1 Å². The fraction of sp³-hybridized carbons (Fsp3) is 0.647. The van der Waals surface area contributed by atoms with Crippen molar-refractivity contribution in [2.45, 2.75) is 77.0 Å². The Labute approximate surface area is 283 Å².